The van der Waals surface area contributed by atoms with Gasteiger partial charge >= 0.3 is 5.97 Å². The van der Waals surface area contributed by atoms with E-state index in [9.17, 15) is 14.7 Å². The van der Waals surface area contributed by atoms with E-state index in [1.54, 1.807) is 0 Å². The number of carboxylic acids is 1. The maximum atomic E-state index is 12.6. The summed E-state index contributed by atoms with van der Waals surface area (Å²) in [5.74, 6) is -1.41. The molecule has 21 heavy (non-hydrogen) atoms. The summed E-state index contributed by atoms with van der Waals surface area (Å²) in [4.78, 5) is 23.5. The molecule has 1 heterocycles. The van der Waals surface area contributed by atoms with Gasteiger partial charge in [0.25, 0.3) is 0 Å². The van der Waals surface area contributed by atoms with Crippen LogP contribution >= 0.6 is 0 Å². The van der Waals surface area contributed by atoms with Crippen molar-refractivity contribution in [2.24, 2.45) is 5.41 Å². The summed E-state index contributed by atoms with van der Waals surface area (Å²) in [6.45, 7) is 3.41. The van der Waals surface area contributed by atoms with Gasteiger partial charge in [-0.3, -0.25) is 4.79 Å². The predicted octanol–water partition coefficient (Wildman–Crippen LogP) is 1.81. The number of aromatic hydroxyl groups is 1. The molecule has 0 radical (unpaired) electrons. The first kappa shape index (κ1) is 15.3. The third-order valence-corrected chi connectivity index (χ3v) is 3.95. The molecule has 1 aromatic carbocycles. The quantitative estimate of drug-likeness (QED) is 0.620. The Labute approximate surface area is 123 Å². The van der Waals surface area contributed by atoms with Crippen molar-refractivity contribution in [3.63, 3.8) is 0 Å². The van der Waals surface area contributed by atoms with Gasteiger partial charge in [-0.05, 0) is 37.6 Å². The second-order valence-electron chi connectivity index (χ2n) is 5.45. The molecular weight excluding hydrogens is 272 g/mol. The van der Waals surface area contributed by atoms with E-state index in [1.165, 1.54) is 18.2 Å². The number of nitrogens with one attached hydrogen (secondary N) is 2. The molecule has 0 aromatic heterocycles. The number of hydrogen-bond donors (Lipinski definition) is 4. The fraction of sp³-hybridized carbons (Fsp3) is 0.467. The van der Waals surface area contributed by atoms with Crippen molar-refractivity contribution >= 4 is 17.6 Å². The number of amides is 1. The highest BCUT2D eigenvalue weighted by atomic mass is 16.4. The van der Waals surface area contributed by atoms with E-state index in [1.807, 2.05) is 6.92 Å². The SMILES string of the molecule is CCCC1(C(=O)Nc2cc(C(=O)O)ccc2O)CCNC1. The van der Waals surface area contributed by atoms with E-state index in [0.717, 1.165) is 25.8 Å². The standard InChI is InChI=1S/C15H20N2O4/c1-2-5-15(6-7-16-9-15)14(21)17-11-8-10(13(19)20)3-4-12(11)18/h3-4,8,16,18H,2,5-7,9H2,1H3,(H,17,21)(H,19,20). The Hall–Kier alpha value is -2.08. The van der Waals surface area contributed by atoms with E-state index >= 15 is 0 Å². The lowest BCUT2D eigenvalue weighted by molar-refractivity contribution is -0.125. The van der Waals surface area contributed by atoms with Gasteiger partial charge in [-0.1, -0.05) is 13.3 Å². The average molecular weight is 292 g/mol. The van der Waals surface area contributed by atoms with Gasteiger partial charge in [0.05, 0.1) is 16.7 Å². The van der Waals surface area contributed by atoms with Gasteiger partial charge in [-0.25, -0.2) is 4.79 Å². The Balaban J connectivity index is 2.22. The van der Waals surface area contributed by atoms with Crippen LogP contribution in [0.25, 0.3) is 0 Å². The first-order valence-electron chi connectivity index (χ1n) is 7.07. The van der Waals surface area contributed by atoms with Crippen LogP contribution in [0.4, 0.5) is 5.69 Å². The molecule has 1 unspecified atom stereocenters. The van der Waals surface area contributed by atoms with Crippen molar-refractivity contribution in [1.82, 2.24) is 5.32 Å². The van der Waals surface area contributed by atoms with Crippen LogP contribution in [-0.4, -0.2) is 35.2 Å². The third kappa shape index (κ3) is 3.16. The molecule has 114 valence electrons. The number of rotatable bonds is 5. The van der Waals surface area contributed by atoms with Crippen molar-refractivity contribution in [2.75, 3.05) is 18.4 Å². The number of hydrogen-bond acceptors (Lipinski definition) is 4. The van der Waals surface area contributed by atoms with Crippen molar-refractivity contribution in [1.29, 1.82) is 0 Å². The van der Waals surface area contributed by atoms with E-state index in [2.05, 4.69) is 10.6 Å². The molecule has 0 saturated carbocycles. The topological polar surface area (TPSA) is 98.7 Å². The minimum atomic E-state index is -1.10. The smallest absolute Gasteiger partial charge is 0.335 e. The van der Waals surface area contributed by atoms with Crippen molar-refractivity contribution in [3.05, 3.63) is 23.8 Å². The van der Waals surface area contributed by atoms with Crippen molar-refractivity contribution in [2.45, 2.75) is 26.2 Å². The second kappa shape index (κ2) is 6.13. The number of anilines is 1. The van der Waals surface area contributed by atoms with Gasteiger partial charge in [0.1, 0.15) is 5.75 Å². The zero-order valence-electron chi connectivity index (χ0n) is 12.0. The average Bonchev–Trinajstić information content (AvgIpc) is 2.91. The summed E-state index contributed by atoms with van der Waals surface area (Å²) in [7, 11) is 0. The summed E-state index contributed by atoms with van der Waals surface area (Å²) in [5, 5.41) is 24.6. The number of phenolic OH excluding ortho intramolecular Hbond substituents is 1. The van der Waals surface area contributed by atoms with E-state index in [0.29, 0.717) is 6.54 Å². The van der Waals surface area contributed by atoms with Crippen LogP contribution in [0.15, 0.2) is 18.2 Å². The Morgan fingerprint density at radius 2 is 2.19 bits per heavy atom. The van der Waals surface area contributed by atoms with Gasteiger partial charge in [0.15, 0.2) is 0 Å². The summed E-state index contributed by atoms with van der Waals surface area (Å²) < 4.78 is 0. The largest absolute Gasteiger partial charge is 0.506 e. The molecule has 2 rings (SSSR count). The molecule has 1 atom stereocenters. The number of phenols is 1. The lowest BCUT2D eigenvalue weighted by Crippen LogP contribution is -2.38. The minimum absolute atomic E-state index is 0.0252. The minimum Gasteiger partial charge on any atom is -0.506 e. The van der Waals surface area contributed by atoms with Crippen LogP contribution in [0.5, 0.6) is 5.75 Å². The molecule has 1 saturated heterocycles. The summed E-state index contributed by atoms with van der Waals surface area (Å²) in [6.07, 6.45) is 2.38. The second-order valence-corrected chi connectivity index (χ2v) is 5.45. The molecule has 1 fully saturated rings. The summed E-state index contributed by atoms with van der Waals surface area (Å²) in [6, 6.07) is 3.85. The molecule has 6 heteroatoms. The van der Waals surface area contributed by atoms with Crippen LogP contribution in [-0.2, 0) is 4.79 Å². The molecule has 0 spiro atoms. The lowest BCUT2D eigenvalue weighted by Gasteiger charge is -2.26. The number of aromatic carboxylic acids is 1. The highest BCUT2D eigenvalue weighted by Gasteiger charge is 2.40. The Kier molecular flexibility index (Phi) is 4.47. The normalized spacial score (nSPS) is 21.2. The van der Waals surface area contributed by atoms with Crippen LogP contribution in [0.2, 0.25) is 0 Å². The number of carbonyl (C=O) groups excluding carboxylic acids is 1. The predicted molar refractivity (Wildman–Crippen MR) is 78.5 cm³/mol. The Bertz CT molecular complexity index is 551. The zero-order valence-corrected chi connectivity index (χ0v) is 12.0. The third-order valence-electron chi connectivity index (χ3n) is 3.95. The fourth-order valence-electron chi connectivity index (χ4n) is 2.77. The molecule has 1 aromatic rings. The van der Waals surface area contributed by atoms with Gasteiger partial charge in [-0.2, -0.15) is 0 Å². The first-order valence-corrected chi connectivity index (χ1v) is 7.07. The van der Waals surface area contributed by atoms with E-state index in [4.69, 9.17) is 5.11 Å². The van der Waals surface area contributed by atoms with Gasteiger partial charge in [-0.15, -0.1) is 0 Å². The molecule has 1 aliphatic rings. The van der Waals surface area contributed by atoms with Crippen LogP contribution in [0.1, 0.15) is 36.5 Å². The van der Waals surface area contributed by atoms with Crippen LogP contribution in [0.3, 0.4) is 0 Å². The molecule has 6 nitrogen and oxygen atoms in total. The molecule has 1 aliphatic heterocycles. The summed E-state index contributed by atoms with van der Waals surface area (Å²) >= 11 is 0. The lowest BCUT2D eigenvalue weighted by atomic mass is 9.81. The molecule has 0 aliphatic carbocycles. The molecule has 4 N–H and O–H groups in total. The Morgan fingerprint density at radius 3 is 2.76 bits per heavy atom. The molecule has 0 bridgehead atoms. The van der Waals surface area contributed by atoms with Crippen LogP contribution in [0, 0.1) is 5.41 Å². The molecule has 1 amide bonds. The van der Waals surface area contributed by atoms with Crippen molar-refractivity contribution < 1.29 is 19.8 Å². The zero-order chi connectivity index (χ0) is 15.5. The first-order chi connectivity index (χ1) is 9.98. The van der Waals surface area contributed by atoms with Gasteiger partial charge in [0, 0.05) is 6.54 Å². The summed E-state index contributed by atoms with van der Waals surface area (Å²) in [5.41, 5.74) is -0.320. The van der Waals surface area contributed by atoms with E-state index in [-0.39, 0.29) is 22.9 Å². The fourth-order valence-corrected chi connectivity index (χ4v) is 2.77. The number of benzene rings is 1. The number of carboxylic acid groups (broad SMARTS) is 1. The van der Waals surface area contributed by atoms with Crippen molar-refractivity contribution in [3.8, 4) is 5.75 Å². The van der Waals surface area contributed by atoms with Crippen LogP contribution < -0.4 is 10.6 Å². The van der Waals surface area contributed by atoms with Gasteiger partial charge in [0.2, 0.25) is 5.91 Å². The Morgan fingerprint density at radius 1 is 1.43 bits per heavy atom. The van der Waals surface area contributed by atoms with E-state index < -0.39 is 11.4 Å². The highest BCUT2D eigenvalue weighted by molar-refractivity contribution is 5.98. The maximum absolute atomic E-state index is 12.6. The number of carbonyl (C=O) groups is 2. The highest BCUT2D eigenvalue weighted by Crippen LogP contribution is 2.34. The maximum Gasteiger partial charge on any atom is 0.335 e. The monoisotopic (exact) mass is 292 g/mol. The van der Waals surface area contributed by atoms with Gasteiger partial charge < -0.3 is 20.8 Å². The molecular formula is C15H20N2O4.